The lowest BCUT2D eigenvalue weighted by Crippen LogP contribution is -2.12. The highest BCUT2D eigenvalue weighted by atomic mass is 35.5. The lowest BCUT2D eigenvalue weighted by atomic mass is 10.1. The van der Waals surface area contributed by atoms with Crippen LogP contribution >= 0.6 is 23.2 Å². The number of hydrogen-bond donors (Lipinski definition) is 1. The molecule has 6 heteroatoms. The number of fused-ring (bicyclic) bond motifs is 1. The zero-order valence-corrected chi connectivity index (χ0v) is 15.9. The van der Waals surface area contributed by atoms with Crippen LogP contribution in [0.1, 0.15) is 10.4 Å². The molecule has 0 aliphatic carbocycles. The SMILES string of the molecule is O=C(Nc1ccc2oc(-c3ccc(Cl)cc3)cc(=O)c2c1)c1cccc(Cl)c1. The van der Waals surface area contributed by atoms with E-state index in [9.17, 15) is 9.59 Å². The van der Waals surface area contributed by atoms with Gasteiger partial charge < -0.3 is 9.73 Å². The number of nitrogens with one attached hydrogen (secondary N) is 1. The van der Waals surface area contributed by atoms with Gasteiger partial charge in [-0.05, 0) is 60.7 Å². The summed E-state index contributed by atoms with van der Waals surface area (Å²) in [6, 6.07) is 20.0. The quantitative estimate of drug-likeness (QED) is 0.449. The number of carbonyl (C=O) groups is 1. The summed E-state index contributed by atoms with van der Waals surface area (Å²) in [6.45, 7) is 0. The van der Waals surface area contributed by atoms with Gasteiger partial charge in [-0.2, -0.15) is 0 Å². The second-order valence-electron chi connectivity index (χ2n) is 6.16. The van der Waals surface area contributed by atoms with Gasteiger partial charge in [0.05, 0.1) is 5.39 Å². The molecule has 0 fully saturated rings. The molecular formula is C22H13Cl2NO3. The molecule has 0 spiro atoms. The lowest BCUT2D eigenvalue weighted by molar-refractivity contribution is 0.102. The van der Waals surface area contributed by atoms with Crippen LogP contribution in [0.3, 0.4) is 0 Å². The Morgan fingerprint density at radius 1 is 0.857 bits per heavy atom. The van der Waals surface area contributed by atoms with E-state index in [0.717, 1.165) is 5.56 Å². The predicted molar refractivity (Wildman–Crippen MR) is 112 cm³/mol. The van der Waals surface area contributed by atoms with Crippen LogP contribution in [0.25, 0.3) is 22.3 Å². The Labute approximate surface area is 170 Å². The summed E-state index contributed by atoms with van der Waals surface area (Å²) in [7, 11) is 0. The summed E-state index contributed by atoms with van der Waals surface area (Å²) in [6.07, 6.45) is 0. The minimum Gasteiger partial charge on any atom is -0.456 e. The molecule has 0 atom stereocenters. The van der Waals surface area contributed by atoms with Gasteiger partial charge >= 0.3 is 0 Å². The number of halogens is 2. The number of hydrogen-bond acceptors (Lipinski definition) is 3. The van der Waals surface area contributed by atoms with Gasteiger partial charge in [-0.3, -0.25) is 9.59 Å². The molecule has 4 aromatic rings. The maximum absolute atomic E-state index is 12.6. The van der Waals surface area contributed by atoms with E-state index in [-0.39, 0.29) is 11.3 Å². The van der Waals surface area contributed by atoms with Crippen LogP contribution in [-0.2, 0) is 0 Å². The summed E-state index contributed by atoms with van der Waals surface area (Å²) in [5, 5.41) is 4.22. The van der Waals surface area contributed by atoms with Gasteiger partial charge in [0.2, 0.25) is 0 Å². The first kappa shape index (κ1) is 18.3. The van der Waals surface area contributed by atoms with E-state index in [1.54, 1.807) is 66.7 Å². The minimum atomic E-state index is -0.316. The van der Waals surface area contributed by atoms with Crippen molar-refractivity contribution in [2.75, 3.05) is 5.32 Å². The van der Waals surface area contributed by atoms with Crippen molar-refractivity contribution in [1.82, 2.24) is 0 Å². The third kappa shape index (κ3) is 3.79. The smallest absolute Gasteiger partial charge is 0.255 e. The molecule has 0 radical (unpaired) electrons. The second kappa shape index (κ2) is 7.50. The van der Waals surface area contributed by atoms with Crippen molar-refractivity contribution in [3.8, 4) is 11.3 Å². The average molecular weight is 410 g/mol. The molecule has 0 aliphatic heterocycles. The topological polar surface area (TPSA) is 59.3 Å². The van der Waals surface area contributed by atoms with Gasteiger partial charge in [0.15, 0.2) is 5.43 Å². The summed E-state index contributed by atoms with van der Waals surface area (Å²) in [5.74, 6) is 0.133. The molecule has 1 heterocycles. The molecule has 4 rings (SSSR count). The van der Waals surface area contributed by atoms with Crippen molar-refractivity contribution in [2.24, 2.45) is 0 Å². The predicted octanol–water partition coefficient (Wildman–Crippen LogP) is 6.02. The summed E-state index contributed by atoms with van der Waals surface area (Å²) >= 11 is 11.8. The average Bonchev–Trinajstić information content (AvgIpc) is 2.69. The maximum Gasteiger partial charge on any atom is 0.255 e. The first-order valence-corrected chi connectivity index (χ1v) is 9.16. The molecule has 138 valence electrons. The number of amides is 1. The van der Waals surface area contributed by atoms with Crippen molar-refractivity contribution in [3.05, 3.63) is 98.6 Å². The van der Waals surface area contributed by atoms with E-state index >= 15 is 0 Å². The van der Waals surface area contributed by atoms with Crippen LogP contribution in [0.4, 0.5) is 5.69 Å². The van der Waals surface area contributed by atoms with E-state index in [1.807, 2.05) is 0 Å². The first-order chi connectivity index (χ1) is 13.5. The van der Waals surface area contributed by atoms with Crippen LogP contribution in [0.15, 0.2) is 82.0 Å². The van der Waals surface area contributed by atoms with Crippen LogP contribution in [0.2, 0.25) is 10.0 Å². The Hall–Kier alpha value is -3.08. The summed E-state index contributed by atoms with van der Waals surface area (Å²) in [4.78, 5) is 24.9. The highest BCUT2D eigenvalue weighted by Gasteiger charge is 2.11. The molecular weight excluding hydrogens is 397 g/mol. The third-order valence-corrected chi connectivity index (χ3v) is 4.69. The Balaban J connectivity index is 1.67. The second-order valence-corrected chi connectivity index (χ2v) is 7.03. The van der Waals surface area contributed by atoms with Crippen LogP contribution in [-0.4, -0.2) is 5.91 Å². The van der Waals surface area contributed by atoms with Gasteiger partial charge in [-0.15, -0.1) is 0 Å². The number of rotatable bonds is 3. The van der Waals surface area contributed by atoms with Gasteiger partial charge in [0.25, 0.3) is 5.91 Å². The molecule has 4 nitrogen and oxygen atoms in total. The number of carbonyl (C=O) groups excluding carboxylic acids is 1. The normalized spacial score (nSPS) is 10.8. The highest BCUT2D eigenvalue weighted by Crippen LogP contribution is 2.25. The molecule has 3 aromatic carbocycles. The Kier molecular flexibility index (Phi) is 4.90. The van der Waals surface area contributed by atoms with Crippen molar-refractivity contribution in [3.63, 3.8) is 0 Å². The highest BCUT2D eigenvalue weighted by molar-refractivity contribution is 6.31. The van der Waals surface area contributed by atoms with E-state index in [0.29, 0.717) is 38.0 Å². The summed E-state index contributed by atoms with van der Waals surface area (Å²) < 4.78 is 5.86. The zero-order chi connectivity index (χ0) is 19.7. The fraction of sp³-hybridized carbons (Fsp3) is 0. The fourth-order valence-electron chi connectivity index (χ4n) is 2.82. The van der Waals surface area contributed by atoms with Crippen LogP contribution < -0.4 is 10.7 Å². The van der Waals surface area contributed by atoms with Crippen LogP contribution in [0, 0.1) is 0 Å². The van der Waals surface area contributed by atoms with Crippen molar-refractivity contribution >= 4 is 45.8 Å². The van der Waals surface area contributed by atoms with E-state index in [2.05, 4.69) is 5.32 Å². The molecule has 0 saturated carbocycles. The van der Waals surface area contributed by atoms with Crippen LogP contribution in [0.5, 0.6) is 0 Å². The van der Waals surface area contributed by atoms with Crippen molar-refractivity contribution in [1.29, 1.82) is 0 Å². The Bertz CT molecular complexity index is 1250. The maximum atomic E-state index is 12.6. The van der Waals surface area contributed by atoms with Crippen molar-refractivity contribution < 1.29 is 9.21 Å². The Morgan fingerprint density at radius 3 is 2.39 bits per heavy atom. The lowest BCUT2D eigenvalue weighted by Gasteiger charge is -2.08. The van der Waals surface area contributed by atoms with E-state index < -0.39 is 0 Å². The molecule has 1 N–H and O–H groups in total. The van der Waals surface area contributed by atoms with Gasteiger partial charge in [-0.25, -0.2) is 0 Å². The number of anilines is 1. The molecule has 1 aromatic heterocycles. The fourth-order valence-corrected chi connectivity index (χ4v) is 3.14. The number of benzene rings is 3. The molecule has 0 saturated heterocycles. The molecule has 28 heavy (non-hydrogen) atoms. The molecule has 0 bridgehead atoms. The summed E-state index contributed by atoms with van der Waals surface area (Å²) in [5.41, 5.74) is 1.90. The van der Waals surface area contributed by atoms with Crippen molar-refractivity contribution in [2.45, 2.75) is 0 Å². The first-order valence-electron chi connectivity index (χ1n) is 8.40. The Morgan fingerprint density at radius 2 is 1.64 bits per heavy atom. The van der Waals surface area contributed by atoms with Gasteiger partial charge in [0.1, 0.15) is 11.3 Å². The molecule has 0 unspecified atom stereocenters. The van der Waals surface area contributed by atoms with Gasteiger partial charge in [-0.1, -0.05) is 29.3 Å². The zero-order valence-electron chi connectivity index (χ0n) is 14.4. The monoisotopic (exact) mass is 409 g/mol. The van der Waals surface area contributed by atoms with Gasteiger partial charge in [0, 0.05) is 32.9 Å². The van der Waals surface area contributed by atoms with E-state index in [1.165, 1.54) is 6.07 Å². The molecule has 1 amide bonds. The third-order valence-electron chi connectivity index (χ3n) is 4.20. The molecule has 0 aliphatic rings. The minimum absolute atomic E-state index is 0.204. The standard InChI is InChI=1S/C22H13Cl2NO3/c23-15-6-4-13(5-7-15)21-12-19(26)18-11-17(8-9-20(18)28-21)25-22(27)14-2-1-3-16(24)10-14/h1-12H,(H,25,27). The van der Waals surface area contributed by atoms with E-state index in [4.69, 9.17) is 27.6 Å². The largest absolute Gasteiger partial charge is 0.456 e.